The Bertz CT molecular complexity index is 442. The van der Waals surface area contributed by atoms with Crippen LogP contribution in [0.3, 0.4) is 0 Å². The van der Waals surface area contributed by atoms with Crippen LogP contribution >= 0.6 is 23.2 Å². The minimum atomic E-state index is 0.213. The van der Waals surface area contributed by atoms with Crippen LogP contribution in [-0.4, -0.2) is 30.6 Å². The van der Waals surface area contributed by atoms with Crippen LogP contribution in [-0.2, 0) is 0 Å². The molecule has 0 spiro atoms. The van der Waals surface area contributed by atoms with Gasteiger partial charge in [-0.15, -0.1) is 0 Å². The second-order valence-corrected chi connectivity index (χ2v) is 7.24. The lowest BCUT2D eigenvalue weighted by Crippen LogP contribution is -2.46. The molecule has 118 valence electrons. The van der Waals surface area contributed by atoms with Crippen LogP contribution in [0.1, 0.15) is 44.6 Å². The van der Waals surface area contributed by atoms with Crippen molar-refractivity contribution in [2.75, 3.05) is 19.6 Å². The number of rotatable bonds is 5. The van der Waals surface area contributed by atoms with E-state index in [1.807, 2.05) is 18.2 Å². The number of piperidine rings is 1. The molecule has 0 bridgehead atoms. The van der Waals surface area contributed by atoms with E-state index in [2.05, 4.69) is 18.7 Å². The number of benzene rings is 1. The molecule has 2 rings (SSSR count). The Hall–Kier alpha value is -0.280. The molecule has 0 aromatic heterocycles. The van der Waals surface area contributed by atoms with Crippen molar-refractivity contribution in [1.29, 1.82) is 0 Å². The third-order valence-corrected chi connectivity index (χ3v) is 5.01. The first-order valence-electron chi connectivity index (χ1n) is 7.92. The van der Waals surface area contributed by atoms with Crippen molar-refractivity contribution in [2.24, 2.45) is 11.7 Å². The molecular formula is C17H26Cl2N2. The molecule has 0 saturated carbocycles. The molecule has 1 fully saturated rings. The van der Waals surface area contributed by atoms with Crippen LogP contribution in [0, 0.1) is 5.92 Å². The van der Waals surface area contributed by atoms with E-state index in [-0.39, 0.29) is 5.92 Å². The molecule has 1 aromatic rings. The maximum absolute atomic E-state index is 6.42. The highest BCUT2D eigenvalue weighted by Gasteiger charge is 2.32. The average molecular weight is 329 g/mol. The van der Waals surface area contributed by atoms with Crippen molar-refractivity contribution in [3.63, 3.8) is 0 Å². The molecule has 1 aliphatic heterocycles. The summed E-state index contributed by atoms with van der Waals surface area (Å²) in [5, 5.41) is 1.49. The van der Waals surface area contributed by atoms with Crippen LogP contribution in [0.4, 0.5) is 0 Å². The third kappa shape index (κ3) is 4.13. The lowest BCUT2D eigenvalue weighted by molar-refractivity contribution is 0.112. The number of halogens is 2. The van der Waals surface area contributed by atoms with Gasteiger partial charge in [0.05, 0.1) is 0 Å². The lowest BCUT2D eigenvalue weighted by atomic mass is 9.84. The number of nitrogens with two attached hydrogens (primary N) is 1. The minimum Gasteiger partial charge on any atom is -0.330 e. The average Bonchev–Trinajstić information content (AvgIpc) is 2.43. The van der Waals surface area contributed by atoms with Gasteiger partial charge in [-0.05, 0) is 43.0 Å². The first kappa shape index (κ1) is 17.1. The summed E-state index contributed by atoms with van der Waals surface area (Å²) in [6.07, 6.45) is 3.71. The quantitative estimate of drug-likeness (QED) is 0.859. The predicted octanol–water partition coefficient (Wildman–Crippen LogP) is 4.55. The van der Waals surface area contributed by atoms with Crippen molar-refractivity contribution < 1.29 is 0 Å². The fourth-order valence-electron chi connectivity index (χ4n) is 3.50. The Labute approximate surface area is 138 Å². The second-order valence-electron chi connectivity index (χ2n) is 6.43. The van der Waals surface area contributed by atoms with Crippen molar-refractivity contribution in [3.8, 4) is 0 Å². The number of nitrogens with zero attached hydrogens (tertiary/aromatic N) is 1. The van der Waals surface area contributed by atoms with Gasteiger partial charge in [-0.25, -0.2) is 0 Å². The predicted molar refractivity (Wildman–Crippen MR) is 92.3 cm³/mol. The van der Waals surface area contributed by atoms with E-state index in [1.54, 1.807) is 0 Å². The van der Waals surface area contributed by atoms with Crippen molar-refractivity contribution in [3.05, 3.63) is 33.8 Å². The molecule has 1 aromatic carbocycles. The topological polar surface area (TPSA) is 29.3 Å². The van der Waals surface area contributed by atoms with Gasteiger partial charge >= 0.3 is 0 Å². The van der Waals surface area contributed by atoms with Gasteiger partial charge < -0.3 is 5.73 Å². The molecule has 0 radical (unpaired) electrons. The molecule has 2 atom stereocenters. The maximum Gasteiger partial charge on any atom is 0.0456 e. The maximum atomic E-state index is 6.42. The molecule has 21 heavy (non-hydrogen) atoms. The van der Waals surface area contributed by atoms with E-state index in [1.165, 1.54) is 19.3 Å². The largest absolute Gasteiger partial charge is 0.330 e. The van der Waals surface area contributed by atoms with Crippen molar-refractivity contribution >= 4 is 23.2 Å². The Balaban J connectivity index is 2.29. The summed E-state index contributed by atoms with van der Waals surface area (Å²) in [5.41, 5.74) is 7.15. The van der Waals surface area contributed by atoms with Crippen LogP contribution in [0.2, 0.25) is 10.0 Å². The summed E-state index contributed by atoms with van der Waals surface area (Å²) >= 11 is 12.8. The molecule has 1 aliphatic rings. The molecule has 2 N–H and O–H groups in total. The molecule has 2 nitrogen and oxygen atoms in total. The molecule has 4 heteroatoms. The summed E-state index contributed by atoms with van der Waals surface area (Å²) in [7, 11) is 0. The Morgan fingerprint density at radius 2 is 1.90 bits per heavy atom. The summed E-state index contributed by atoms with van der Waals surface area (Å²) < 4.78 is 0. The van der Waals surface area contributed by atoms with Gasteiger partial charge in [0.25, 0.3) is 0 Å². The monoisotopic (exact) mass is 328 g/mol. The third-order valence-electron chi connectivity index (χ3n) is 4.35. The smallest absolute Gasteiger partial charge is 0.0456 e. The van der Waals surface area contributed by atoms with Crippen LogP contribution < -0.4 is 5.73 Å². The number of hydrogen-bond donors (Lipinski definition) is 1. The van der Waals surface area contributed by atoms with E-state index >= 15 is 0 Å². The van der Waals surface area contributed by atoms with Gasteiger partial charge in [0, 0.05) is 35.1 Å². The van der Waals surface area contributed by atoms with Crippen LogP contribution in [0.25, 0.3) is 0 Å². The van der Waals surface area contributed by atoms with E-state index in [9.17, 15) is 0 Å². The van der Waals surface area contributed by atoms with Gasteiger partial charge in [-0.1, -0.05) is 49.5 Å². The lowest BCUT2D eigenvalue weighted by Gasteiger charge is -2.41. The Kier molecular flexibility index (Phi) is 6.36. The van der Waals surface area contributed by atoms with Gasteiger partial charge in [0.2, 0.25) is 0 Å². The minimum absolute atomic E-state index is 0.213. The van der Waals surface area contributed by atoms with Gasteiger partial charge in [-0.3, -0.25) is 4.90 Å². The summed E-state index contributed by atoms with van der Waals surface area (Å²) in [6, 6.07) is 6.18. The highest BCUT2D eigenvalue weighted by Crippen LogP contribution is 2.37. The summed E-state index contributed by atoms with van der Waals surface area (Å²) in [6.45, 7) is 7.39. The SMILES string of the molecule is CC(C)CN1CCCCC1C(CN)c1c(Cl)cccc1Cl. The normalized spacial score (nSPS) is 21.7. The second kappa shape index (κ2) is 7.82. The Morgan fingerprint density at radius 3 is 2.48 bits per heavy atom. The zero-order valence-electron chi connectivity index (χ0n) is 13.0. The highest BCUT2D eigenvalue weighted by molar-refractivity contribution is 6.36. The first-order valence-corrected chi connectivity index (χ1v) is 8.68. The molecule has 0 aliphatic carbocycles. The fourth-order valence-corrected chi connectivity index (χ4v) is 4.18. The zero-order valence-corrected chi connectivity index (χ0v) is 14.5. The zero-order chi connectivity index (χ0) is 15.4. The van der Waals surface area contributed by atoms with Gasteiger partial charge in [0.1, 0.15) is 0 Å². The van der Waals surface area contributed by atoms with E-state index in [4.69, 9.17) is 28.9 Å². The van der Waals surface area contributed by atoms with Gasteiger partial charge in [0.15, 0.2) is 0 Å². The number of hydrogen-bond acceptors (Lipinski definition) is 2. The van der Waals surface area contributed by atoms with Crippen molar-refractivity contribution in [2.45, 2.75) is 45.1 Å². The van der Waals surface area contributed by atoms with Crippen molar-refractivity contribution in [1.82, 2.24) is 4.90 Å². The van der Waals surface area contributed by atoms with E-state index in [0.29, 0.717) is 18.5 Å². The van der Waals surface area contributed by atoms with E-state index in [0.717, 1.165) is 28.7 Å². The molecular weight excluding hydrogens is 303 g/mol. The van der Waals surface area contributed by atoms with Crippen LogP contribution in [0.15, 0.2) is 18.2 Å². The molecule has 2 unspecified atom stereocenters. The van der Waals surface area contributed by atoms with E-state index < -0.39 is 0 Å². The Morgan fingerprint density at radius 1 is 1.24 bits per heavy atom. The molecule has 1 saturated heterocycles. The first-order chi connectivity index (χ1) is 10.0. The van der Waals surface area contributed by atoms with Crippen LogP contribution in [0.5, 0.6) is 0 Å². The summed E-state index contributed by atoms with van der Waals surface area (Å²) in [5.74, 6) is 0.871. The fraction of sp³-hybridized carbons (Fsp3) is 0.647. The van der Waals surface area contributed by atoms with Gasteiger partial charge in [-0.2, -0.15) is 0 Å². The molecule has 1 heterocycles. The molecule has 0 amide bonds. The standard InChI is InChI=1S/C17H26Cl2N2/c1-12(2)11-21-9-4-3-8-16(21)13(10-20)17-14(18)6-5-7-15(17)19/h5-7,12-13,16H,3-4,8-11,20H2,1-2H3. The summed E-state index contributed by atoms with van der Waals surface area (Å²) in [4.78, 5) is 2.59. The highest BCUT2D eigenvalue weighted by atomic mass is 35.5. The number of likely N-dealkylation sites (tertiary alicyclic amines) is 1.